The molecule has 1 heterocycles. The fourth-order valence-electron chi connectivity index (χ4n) is 3.50. The third kappa shape index (κ3) is 5.84. The molecule has 0 aliphatic rings. The molecule has 2 aromatic carbocycles. The van der Waals surface area contributed by atoms with Crippen molar-refractivity contribution in [2.75, 3.05) is 0 Å². The first kappa shape index (κ1) is 23.3. The van der Waals surface area contributed by atoms with E-state index >= 15 is 0 Å². The van der Waals surface area contributed by atoms with Gasteiger partial charge in [0, 0.05) is 24.3 Å². The molecule has 0 saturated heterocycles. The molecule has 3 aromatic rings. The van der Waals surface area contributed by atoms with Gasteiger partial charge in [-0.15, -0.1) is 0 Å². The van der Waals surface area contributed by atoms with Gasteiger partial charge in [-0.05, 0) is 45.7 Å². The van der Waals surface area contributed by atoms with Crippen molar-refractivity contribution >= 4 is 11.8 Å². The lowest BCUT2D eigenvalue weighted by molar-refractivity contribution is -0.127. The van der Waals surface area contributed by atoms with E-state index in [-0.39, 0.29) is 17.9 Å². The van der Waals surface area contributed by atoms with Crippen LogP contribution in [0.3, 0.4) is 0 Å². The Kier molecular flexibility index (Phi) is 7.13. The number of nitrogens with zero attached hydrogens (tertiary/aromatic N) is 3. The molecular weight excluding hydrogens is 400 g/mol. The van der Waals surface area contributed by atoms with Gasteiger partial charge in [-0.25, -0.2) is 0 Å². The second-order valence-corrected chi connectivity index (χ2v) is 9.27. The van der Waals surface area contributed by atoms with Crippen molar-refractivity contribution in [2.24, 2.45) is 0 Å². The van der Waals surface area contributed by atoms with Gasteiger partial charge in [-0.1, -0.05) is 60.7 Å². The van der Waals surface area contributed by atoms with E-state index in [1.807, 2.05) is 95.3 Å². The van der Waals surface area contributed by atoms with E-state index in [9.17, 15) is 9.59 Å². The number of benzene rings is 2. The highest BCUT2D eigenvalue weighted by Gasteiger charge is 2.34. The summed E-state index contributed by atoms with van der Waals surface area (Å²) in [6.45, 7) is 10.1. The highest BCUT2D eigenvalue weighted by Crippen LogP contribution is 2.26. The molecule has 168 valence electrons. The van der Waals surface area contributed by atoms with E-state index in [0.717, 1.165) is 11.1 Å². The third-order valence-electron chi connectivity index (χ3n) is 5.01. The molecule has 0 aliphatic heterocycles. The topological polar surface area (TPSA) is 67.2 Å². The summed E-state index contributed by atoms with van der Waals surface area (Å²) in [6, 6.07) is 18.5. The summed E-state index contributed by atoms with van der Waals surface area (Å²) in [5, 5.41) is 7.39. The van der Waals surface area contributed by atoms with Crippen LogP contribution in [0.5, 0.6) is 0 Å². The number of carbonyl (C=O) groups excluding carboxylic acids is 2. The van der Waals surface area contributed by atoms with Crippen molar-refractivity contribution in [3.8, 4) is 0 Å². The lowest BCUT2D eigenvalue weighted by Gasteiger charge is -2.33. The molecule has 0 saturated carbocycles. The van der Waals surface area contributed by atoms with Gasteiger partial charge in [0.1, 0.15) is 6.04 Å². The average molecular weight is 433 g/mol. The number of amides is 2. The van der Waals surface area contributed by atoms with Crippen molar-refractivity contribution in [1.29, 1.82) is 0 Å². The standard InChI is InChI=1S/C26H32N4O2/c1-19(2)30-18-22(16-27-30)25(32)29(17-20-12-8-6-9-13-20)23(21-14-10-7-11-15-21)24(31)28-26(3,4)5/h6-16,18-19,23H,17H2,1-5H3,(H,28,31). The summed E-state index contributed by atoms with van der Waals surface area (Å²) in [5.41, 5.74) is 1.73. The molecule has 3 rings (SSSR count). The zero-order chi connectivity index (χ0) is 23.3. The van der Waals surface area contributed by atoms with E-state index in [4.69, 9.17) is 0 Å². The van der Waals surface area contributed by atoms with Crippen LogP contribution in [0.1, 0.15) is 68.2 Å². The highest BCUT2D eigenvalue weighted by molar-refractivity contribution is 5.97. The fourth-order valence-corrected chi connectivity index (χ4v) is 3.50. The second kappa shape index (κ2) is 9.81. The molecule has 32 heavy (non-hydrogen) atoms. The van der Waals surface area contributed by atoms with E-state index in [2.05, 4.69) is 10.4 Å². The van der Waals surface area contributed by atoms with Crippen molar-refractivity contribution in [3.05, 3.63) is 89.7 Å². The van der Waals surface area contributed by atoms with Gasteiger partial charge in [0.05, 0.1) is 11.8 Å². The van der Waals surface area contributed by atoms with Crippen molar-refractivity contribution in [1.82, 2.24) is 20.0 Å². The summed E-state index contributed by atoms with van der Waals surface area (Å²) >= 11 is 0. The van der Waals surface area contributed by atoms with Crippen LogP contribution in [-0.2, 0) is 11.3 Å². The number of hydrogen-bond donors (Lipinski definition) is 1. The normalized spacial score (nSPS) is 12.4. The Morgan fingerprint density at radius 3 is 2.12 bits per heavy atom. The van der Waals surface area contributed by atoms with Crippen LogP contribution in [-0.4, -0.2) is 32.0 Å². The Hall–Kier alpha value is -3.41. The Bertz CT molecular complexity index is 1040. The number of rotatable bonds is 7. The SMILES string of the molecule is CC(C)n1cc(C(=O)N(Cc2ccccc2)C(C(=O)NC(C)(C)C)c2ccccc2)cn1. The maximum absolute atomic E-state index is 13.8. The quantitative estimate of drug-likeness (QED) is 0.585. The molecule has 0 spiro atoms. The van der Waals surface area contributed by atoms with Crippen molar-refractivity contribution in [3.63, 3.8) is 0 Å². The summed E-state index contributed by atoms with van der Waals surface area (Å²) in [7, 11) is 0. The van der Waals surface area contributed by atoms with Crippen LogP contribution in [0.15, 0.2) is 73.1 Å². The van der Waals surface area contributed by atoms with Gasteiger partial charge in [-0.3, -0.25) is 14.3 Å². The van der Waals surface area contributed by atoms with Gasteiger partial charge in [0.15, 0.2) is 0 Å². The summed E-state index contributed by atoms with van der Waals surface area (Å²) < 4.78 is 1.75. The number of hydrogen-bond acceptors (Lipinski definition) is 3. The van der Waals surface area contributed by atoms with E-state index in [1.54, 1.807) is 22.0 Å². The summed E-state index contributed by atoms with van der Waals surface area (Å²) in [6.07, 6.45) is 3.32. The van der Waals surface area contributed by atoms with Crippen LogP contribution >= 0.6 is 0 Å². The third-order valence-corrected chi connectivity index (χ3v) is 5.01. The lowest BCUT2D eigenvalue weighted by Crippen LogP contribution is -2.49. The molecule has 0 aliphatic carbocycles. The van der Waals surface area contributed by atoms with Gasteiger partial charge < -0.3 is 10.2 Å². The average Bonchev–Trinajstić information content (AvgIpc) is 3.24. The van der Waals surface area contributed by atoms with Crippen molar-refractivity contribution < 1.29 is 9.59 Å². The zero-order valence-electron chi connectivity index (χ0n) is 19.4. The minimum Gasteiger partial charge on any atom is -0.349 e. The molecule has 0 fully saturated rings. The number of carbonyl (C=O) groups is 2. The van der Waals surface area contributed by atoms with E-state index in [0.29, 0.717) is 12.1 Å². The maximum Gasteiger partial charge on any atom is 0.258 e. The minimum absolute atomic E-state index is 0.133. The van der Waals surface area contributed by atoms with Crippen LogP contribution in [0.4, 0.5) is 0 Å². The number of aromatic nitrogens is 2. The second-order valence-electron chi connectivity index (χ2n) is 9.27. The first-order chi connectivity index (χ1) is 15.2. The molecule has 0 radical (unpaired) electrons. The maximum atomic E-state index is 13.8. The van der Waals surface area contributed by atoms with Gasteiger partial charge >= 0.3 is 0 Å². The zero-order valence-corrected chi connectivity index (χ0v) is 19.4. The van der Waals surface area contributed by atoms with Crippen molar-refractivity contribution in [2.45, 2.75) is 58.8 Å². The predicted octanol–water partition coefficient (Wildman–Crippen LogP) is 4.76. The monoisotopic (exact) mass is 432 g/mol. The molecule has 1 aromatic heterocycles. The highest BCUT2D eigenvalue weighted by atomic mass is 16.2. The Morgan fingerprint density at radius 2 is 1.59 bits per heavy atom. The predicted molar refractivity (Wildman–Crippen MR) is 126 cm³/mol. The van der Waals surface area contributed by atoms with E-state index in [1.165, 1.54) is 0 Å². The van der Waals surface area contributed by atoms with Crippen LogP contribution in [0, 0.1) is 0 Å². The Balaban J connectivity index is 2.07. The lowest BCUT2D eigenvalue weighted by atomic mass is 10.00. The molecule has 0 bridgehead atoms. The van der Waals surface area contributed by atoms with E-state index < -0.39 is 11.6 Å². The molecule has 6 heteroatoms. The van der Waals surface area contributed by atoms with Gasteiger partial charge in [-0.2, -0.15) is 5.10 Å². The first-order valence-corrected chi connectivity index (χ1v) is 10.9. The largest absolute Gasteiger partial charge is 0.349 e. The number of nitrogens with one attached hydrogen (secondary N) is 1. The van der Waals surface area contributed by atoms with Crippen LogP contribution in [0.2, 0.25) is 0 Å². The smallest absolute Gasteiger partial charge is 0.258 e. The van der Waals surface area contributed by atoms with Crippen LogP contribution in [0.25, 0.3) is 0 Å². The fraction of sp³-hybridized carbons (Fsp3) is 0.346. The first-order valence-electron chi connectivity index (χ1n) is 10.9. The Labute approximate surface area is 190 Å². The molecule has 1 atom stereocenters. The summed E-state index contributed by atoms with van der Waals surface area (Å²) in [4.78, 5) is 28.9. The molecule has 6 nitrogen and oxygen atoms in total. The van der Waals surface area contributed by atoms with Crippen LogP contribution < -0.4 is 5.32 Å². The molecular formula is C26H32N4O2. The molecule has 1 unspecified atom stereocenters. The molecule has 1 N–H and O–H groups in total. The minimum atomic E-state index is -0.787. The molecule has 2 amide bonds. The summed E-state index contributed by atoms with van der Waals surface area (Å²) in [5.74, 6) is -0.456. The van der Waals surface area contributed by atoms with Gasteiger partial charge in [0.2, 0.25) is 5.91 Å². The van der Waals surface area contributed by atoms with Gasteiger partial charge in [0.25, 0.3) is 5.91 Å². The Morgan fingerprint density at radius 1 is 1.00 bits per heavy atom.